The molecule has 1 nitrogen and oxygen atoms in total. The topological polar surface area (TPSA) is 20.2 Å². The van der Waals surface area contributed by atoms with Crippen LogP contribution >= 0.6 is 0 Å². The highest BCUT2D eigenvalue weighted by Crippen LogP contribution is 2.31. The van der Waals surface area contributed by atoms with Crippen molar-refractivity contribution in [2.45, 2.75) is 26.7 Å². The normalized spacial score (nSPS) is 11.2. The van der Waals surface area contributed by atoms with E-state index >= 15 is 0 Å². The minimum Gasteiger partial charge on any atom is -0.508 e. The molecule has 0 saturated heterocycles. The first kappa shape index (κ1) is 10.0. The number of phenolic OH excluding ortho intramolecular Hbond substituents is 1. The molecule has 0 radical (unpaired) electrons. The Morgan fingerprint density at radius 1 is 1.13 bits per heavy atom. The van der Waals surface area contributed by atoms with Crippen molar-refractivity contribution in [3.8, 4) is 5.75 Å². The van der Waals surface area contributed by atoms with Crippen LogP contribution in [-0.2, 0) is 0 Å². The van der Waals surface area contributed by atoms with Gasteiger partial charge in [-0.15, -0.1) is 0 Å². The minimum atomic E-state index is 0.358. The van der Waals surface area contributed by atoms with Crippen LogP contribution in [0.3, 0.4) is 0 Å². The molecule has 0 aliphatic rings. The zero-order valence-corrected chi connectivity index (χ0v) is 9.41. The molecule has 2 aromatic carbocycles. The Morgan fingerprint density at radius 2 is 1.87 bits per heavy atom. The third-order valence-corrected chi connectivity index (χ3v) is 2.82. The van der Waals surface area contributed by atoms with E-state index < -0.39 is 0 Å². The van der Waals surface area contributed by atoms with Gasteiger partial charge in [0.15, 0.2) is 0 Å². The van der Waals surface area contributed by atoms with Crippen LogP contribution in [0.4, 0.5) is 0 Å². The maximum absolute atomic E-state index is 9.65. The number of aryl methyl sites for hydroxylation is 1. The van der Waals surface area contributed by atoms with E-state index in [2.05, 4.69) is 26.8 Å². The molecule has 0 saturated carbocycles. The van der Waals surface area contributed by atoms with E-state index in [1.54, 1.807) is 0 Å². The van der Waals surface area contributed by atoms with Crippen molar-refractivity contribution < 1.29 is 5.11 Å². The Morgan fingerprint density at radius 3 is 2.53 bits per heavy atom. The van der Waals surface area contributed by atoms with Gasteiger partial charge in [-0.05, 0) is 46.9 Å². The number of hydrogen-bond donors (Lipinski definition) is 1. The first-order valence-electron chi connectivity index (χ1n) is 5.32. The van der Waals surface area contributed by atoms with Crippen LogP contribution in [0.25, 0.3) is 10.8 Å². The van der Waals surface area contributed by atoms with Gasteiger partial charge in [-0.1, -0.05) is 32.0 Å². The molecule has 2 aromatic rings. The van der Waals surface area contributed by atoms with Gasteiger partial charge in [0.25, 0.3) is 0 Å². The standard InChI is InChI=1S/C14H16O/c1-9(2)13-8-12(15)7-11-6-4-5-10(3)14(11)13/h4-9,15H,1-3H3. The van der Waals surface area contributed by atoms with E-state index in [9.17, 15) is 5.11 Å². The Hall–Kier alpha value is -1.50. The van der Waals surface area contributed by atoms with Crippen LogP contribution in [0.5, 0.6) is 5.75 Å². The molecular formula is C14H16O. The highest BCUT2D eigenvalue weighted by Gasteiger charge is 2.08. The van der Waals surface area contributed by atoms with Crippen molar-refractivity contribution in [2.75, 3.05) is 0 Å². The van der Waals surface area contributed by atoms with Gasteiger partial charge in [0.2, 0.25) is 0 Å². The van der Waals surface area contributed by atoms with Crippen LogP contribution in [0.1, 0.15) is 30.9 Å². The average molecular weight is 200 g/mol. The van der Waals surface area contributed by atoms with Gasteiger partial charge in [0, 0.05) is 0 Å². The second-order valence-electron chi connectivity index (χ2n) is 4.36. The van der Waals surface area contributed by atoms with Gasteiger partial charge in [0.05, 0.1) is 0 Å². The fraction of sp³-hybridized carbons (Fsp3) is 0.286. The van der Waals surface area contributed by atoms with Gasteiger partial charge in [-0.25, -0.2) is 0 Å². The third-order valence-electron chi connectivity index (χ3n) is 2.82. The lowest BCUT2D eigenvalue weighted by molar-refractivity contribution is 0.475. The van der Waals surface area contributed by atoms with Crippen molar-refractivity contribution in [2.24, 2.45) is 0 Å². The van der Waals surface area contributed by atoms with Gasteiger partial charge < -0.3 is 5.11 Å². The molecule has 0 amide bonds. The molecule has 1 N–H and O–H groups in total. The molecule has 0 aliphatic heterocycles. The largest absolute Gasteiger partial charge is 0.508 e. The molecule has 0 heterocycles. The van der Waals surface area contributed by atoms with Gasteiger partial charge >= 0.3 is 0 Å². The van der Waals surface area contributed by atoms with Crippen LogP contribution in [0.2, 0.25) is 0 Å². The molecule has 0 atom stereocenters. The first-order valence-corrected chi connectivity index (χ1v) is 5.32. The van der Waals surface area contributed by atoms with E-state index in [1.165, 1.54) is 16.5 Å². The van der Waals surface area contributed by atoms with Crippen LogP contribution in [0.15, 0.2) is 30.3 Å². The zero-order chi connectivity index (χ0) is 11.0. The lowest BCUT2D eigenvalue weighted by atomic mass is 9.93. The monoisotopic (exact) mass is 200 g/mol. The smallest absolute Gasteiger partial charge is 0.116 e. The molecule has 0 aromatic heterocycles. The highest BCUT2D eigenvalue weighted by atomic mass is 16.3. The Bertz CT molecular complexity index is 498. The fourth-order valence-corrected chi connectivity index (χ4v) is 2.09. The van der Waals surface area contributed by atoms with E-state index in [4.69, 9.17) is 0 Å². The molecule has 78 valence electrons. The lowest BCUT2D eigenvalue weighted by Gasteiger charge is -2.13. The van der Waals surface area contributed by atoms with Crippen molar-refractivity contribution in [1.82, 2.24) is 0 Å². The number of fused-ring (bicyclic) bond motifs is 1. The predicted octanol–water partition coefficient (Wildman–Crippen LogP) is 3.98. The fourth-order valence-electron chi connectivity index (χ4n) is 2.09. The average Bonchev–Trinajstić information content (AvgIpc) is 2.16. The second kappa shape index (κ2) is 3.58. The number of aromatic hydroxyl groups is 1. The molecule has 0 bridgehead atoms. The maximum Gasteiger partial charge on any atom is 0.116 e. The third kappa shape index (κ3) is 1.70. The zero-order valence-electron chi connectivity index (χ0n) is 9.41. The number of hydrogen-bond acceptors (Lipinski definition) is 1. The van der Waals surface area contributed by atoms with Crippen molar-refractivity contribution in [3.63, 3.8) is 0 Å². The number of benzene rings is 2. The second-order valence-corrected chi connectivity index (χ2v) is 4.36. The van der Waals surface area contributed by atoms with Gasteiger partial charge in [0.1, 0.15) is 5.75 Å². The lowest BCUT2D eigenvalue weighted by Crippen LogP contribution is -1.91. The summed E-state index contributed by atoms with van der Waals surface area (Å²) in [5.74, 6) is 0.789. The summed E-state index contributed by atoms with van der Waals surface area (Å²) in [5, 5.41) is 12.1. The van der Waals surface area contributed by atoms with E-state index in [-0.39, 0.29) is 0 Å². The summed E-state index contributed by atoms with van der Waals surface area (Å²) in [6.07, 6.45) is 0. The van der Waals surface area contributed by atoms with Crippen molar-refractivity contribution in [1.29, 1.82) is 0 Å². The molecular weight excluding hydrogens is 184 g/mol. The quantitative estimate of drug-likeness (QED) is 0.738. The van der Waals surface area contributed by atoms with Crippen LogP contribution < -0.4 is 0 Å². The summed E-state index contributed by atoms with van der Waals surface area (Å²) >= 11 is 0. The van der Waals surface area contributed by atoms with E-state index in [1.807, 2.05) is 24.3 Å². The highest BCUT2D eigenvalue weighted by molar-refractivity contribution is 5.90. The predicted molar refractivity (Wildman–Crippen MR) is 64.4 cm³/mol. The number of phenols is 1. The molecule has 2 rings (SSSR count). The molecule has 1 heteroatoms. The van der Waals surface area contributed by atoms with Crippen LogP contribution in [-0.4, -0.2) is 5.11 Å². The Kier molecular flexibility index (Phi) is 2.39. The summed E-state index contributed by atoms with van der Waals surface area (Å²) in [4.78, 5) is 0. The maximum atomic E-state index is 9.65. The van der Waals surface area contributed by atoms with Gasteiger partial charge in [-0.3, -0.25) is 0 Å². The van der Waals surface area contributed by atoms with Crippen molar-refractivity contribution in [3.05, 3.63) is 41.5 Å². The number of rotatable bonds is 1. The Balaban J connectivity index is 2.88. The minimum absolute atomic E-state index is 0.358. The Labute approximate surface area is 90.4 Å². The molecule has 0 spiro atoms. The molecule has 0 aliphatic carbocycles. The SMILES string of the molecule is Cc1cccc2cc(O)cc(C(C)C)c12. The molecule has 15 heavy (non-hydrogen) atoms. The van der Waals surface area contributed by atoms with Crippen molar-refractivity contribution >= 4 is 10.8 Å². The summed E-state index contributed by atoms with van der Waals surface area (Å²) in [5.41, 5.74) is 2.50. The summed E-state index contributed by atoms with van der Waals surface area (Å²) in [6.45, 7) is 6.42. The summed E-state index contributed by atoms with van der Waals surface area (Å²) in [6, 6.07) is 9.90. The summed E-state index contributed by atoms with van der Waals surface area (Å²) in [7, 11) is 0. The molecule has 0 fully saturated rings. The first-order chi connectivity index (χ1) is 7.09. The van der Waals surface area contributed by atoms with E-state index in [0.29, 0.717) is 11.7 Å². The molecule has 0 unspecified atom stereocenters. The van der Waals surface area contributed by atoms with Crippen LogP contribution in [0, 0.1) is 6.92 Å². The van der Waals surface area contributed by atoms with E-state index in [0.717, 1.165) is 5.39 Å². The summed E-state index contributed by atoms with van der Waals surface area (Å²) < 4.78 is 0. The van der Waals surface area contributed by atoms with Gasteiger partial charge in [-0.2, -0.15) is 0 Å².